The molecule has 472 valence electrons. The number of pyridine rings is 1. The Morgan fingerprint density at radius 1 is 0.533 bits per heavy atom. The number of aliphatic hydroxyl groups is 1. The maximum Gasteiger partial charge on any atom is 0.159 e. The Bertz CT molecular complexity index is 4760. The second-order valence-corrected chi connectivity index (χ2v) is 24.6. The van der Waals surface area contributed by atoms with Crippen molar-refractivity contribution in [1.29, 1.82) is 0 Å². The van der Waals surface area contributed by atoms with Gasteiger partial charge in [-0.3, -0.25) is 9.36 Å². The fourth-order valence-corrected chi connectivity index (χ4v) is 13.3. The van der Waals surface area contributed by atoms with E-state index >= 15 is 8.78 Å². The number of allylic oxidation sites excluding steroid dienone is 1. The number of piperidine rings is 2. The maximum atomic E-state index is 15.1. The van der Waals surface area contributed by atoms with Crippen LogP contribution in [0.5, 0.6) is 0 Å². The number of hydrogen-bond acceptors (Lipinski definition) is 13. The van der Waals surface area contributed by atoms with Gasteiger partial charge in [-0.05, 0) is 199 Å². The minimum absolute atomic E-state index is 0.196. The van der Waals surface area contributed by atoms with Crippen LogP contribution in [0.1, 0.15) is 97.3 Å². The van der Waals surface area contributed by atoms with Crippen LogP contribution in [0, 0.1) is 37.1 Å². The highest BCUT2D eigenvalue weighted by Gasteiger charge is 2.25. The molecule has 10 heterocycles. The molecule has 0 amide bonds. The van der Waals surface area contributed by atoms with Gasteiger partial charge in [0.15, 0.2) is 11.5 Å². The molecule has 1 atom stereocenters. The third kappa shape index (κ3) is 12.8. The predicted octanol–water partition coefficient (Wildman–Crippen LogP) is 13.6. The lowest BCUT2D eigenvalue weighted by Gasteiger charge is -2.31. The van der Waals surface area contributed by atoms with E-state index in [0.717, 1.165) is 128 Å². The van der Waals surface area contributed by atoms with E-state index in [-0.39, 0.29) is 36.8 Å². The van der Waals surface area contributed by atoms with Crippen LogP contribution in [0.4, 0.5) is 22.0 Å². The highest BCUT2D eigenvalue weighted by atomic mass is 19.1. The quantitative estimate of drug-likeness (QED) is 0.122. The van der Waals surface area contributed by atoms with Gasteiger partial charge in [-0.15, -0.1) is 10.2 Å². The molecule has 1 unspecified atom stereocenters. The van der Waals surface area contributed by atoms with Gasteiger partial charge < -0.3 is 19.8 Å². The minimum Gasteiger partial charge on any atom is -0.392 e. The van der Waals surface area contributed by atoms with Crippen molar-refractivity contribution >= 4 is 60.2 Å². The van der Waals surface area contributed by atoms with E-state index in [0.29, 0.717) is 90.1 Å². The van der Waals surface area contributed by atoms with Crippen LogP contribution in [0.15, 0.2) is 122 Å². The summed E-state index contributed by atoms with van der Waals surface area (Å²) >= 11 is 0. The summed E-state index contributed by atoms with van der Waals surface area (Å²) in [6.45, 7) is 14.9. The number of alkyl halides is 1. The van der Waals surface area contributed by atoms with Crippen LogP contribution in [0.25, 0.3) is 93.9 Å². The van der Waals surface area contributed by atoms with E-state index in [1.165, 1.54) is 12.1 Å². The molecule has 3 aliphatic rings. The number of halogens is 5. The Morgan fingerprint density at radius 3 is 1.91 bits per heavy atom. The van der Waals surface area contributed by atoms with Crippen molar-refractivity contribution in [2.75, 3.05) is 59.0 Å². The van der Waals surface area contributed by atoms with Gasteiger partial charge in [0.25, 0.3) is 0 Å². The Balaban J connectivity index is 0.000000126. The van der Waals surface area contributed by atoms with E-state index in [1.807, 2.05) is 75.6 Å². The summed E-state index contributed by atoms with van der Waals surface area (Å²) < 4.78 is 77.2. The van der Waals surface area contributed by atoms with Crippen molar-refractivity contribution in [2.24, 2.45) is 14.1 Å². The van der Waals surface area contributed by atoms with Crippen LogP contribution in [0.3, 0.4) is 0 Å². The van der Waals surface area contributed by atoms with Gasteiger partial charge in [-0.25, -0.2) is 36.4 Å². The number of likely N-dealkylation sites (tertiary alicyclic amines) is 2. The Kier molecular flexibility index (Phi) is 17.6. The normalized spacial score (nSPS) is 16.1. The molecule has 0 radical (unpaired) electrons. The number of benzene rings is 5. The Morgan fingerprint density at radius 2 is 1.18 bits per heavy atom. The molecule has 0 spiro atoms. The summed E-state index contributed by atoms with van der Waals surface area (Å²) in [6, 6.07) is 26.8. The molecular weight excluding hydrogens is 1170 g/mol. The van der Waals surface area contributed by atoms with Gasteiger partial charge >= 0.3 is 0 Å². The molecular formula is C71H72F5N15O. The summed E-state index contributed by atoms with van der Waals surface area (Å²) in [6.07, 6.45) is 14.6. The van der Waals surface area contributed by atoms with E-state index < -0.39 is 11.6 Å². The molecule has 7 aromatic heterocycles. The Hall–Kier alpha value is -9.18. The fraction of sp³-hybridized carbons (Fsp3) is 0.338. The minimum atomic E-state index is -0.411. The van der Waals surface area contributed by atoms with E-state index in [4.69, 9.17) is 0 Å². The third-order valence-corrected chi connectivity index (χ3v) is 18.4. The zero-order valence-electron chi connectivity index (χ0n) is 52.4. The van der Waals surface area contributed by atoms with Gasteiger partial charge in [0.2, 0.25) is 0 Å². The van der Waals surface area contributed by atoms with Gasteiger partial charge in [-0.2, -0.15) is 25.5 Å². The number of aryl methyl sites for hydroxylation is 4. The number of aliphatic hydroxyl groups excluding tert-OH is 1. The van der Waals surface area contributed by atoms with E-state index in [2.05, 4.69) is 86.5 Å². The zero-order chi connectivity index (χ0) is 63.9. The predicted molar refractivity (Wildman–Crippen MR) is 350 cm³/mol. The molecule has 21 heteroatoms. The average Bonchev–Trinajstić information content (AvgIpc) is 1.34. The number of aromatic nitrogens is 12. The smallest absolute Gasteiger partial charge is 0.159 e. The second-order valence-electron chi connectivity index (χ2n) is 24.6. The van der Waals surface area contributed by atoms with Crippen LogP contribution < -0.4 is 0 Å². The zero-order valence-corrected chi connectivity index (χ0v) is 52.4. The van der Waals surface area contributed by atoms with Crippen molar-refractivity contribution in [1.82, 2.24) is 74.2 Å². The van der Waals surface area contributed by atoms with Gasteiger partial charge in [0.1, 0.15) is 35.2 Å². The lowest BCUT2D eigenvalue weighted by molar-refractivity contribution is 0.195. The summed E-state index contributed by atoms with van der Waals surface area (Å²) in [5.41, 5.74) is 12.3. The van der Waals surface area contributed by atoms with Crippen LogP contribution in [-0.2, 0) is 20.7 Å². The number of hydrogen-bond donors (Lipinski definition) is 1. The van der Waals surface area contributed by atoms with Gasteiger partial charge in [0.05, 0.1) is 57.8 Å². The summed E-state index contributed by atoms with van der Waals surface area (Å²) in [4.78, 5) is 15.7. The molecule has 0 aliphatic carbocycles. The van der Waals surface area contributed by atoms with Gasteiger partial charge in [0, 0.05) is 107 Å². The van der Waals surface area contributed by atoms with Crippen LogP contribution in [0.2, 0.25) is 0 Å². The molecule has 92 heavy (non-hydrogen) atoms. The first-order chi connectivity index (χ1) is 44.6. The third-order valence-electron chi connectivity index (χ3n) is 18.4. The standard InChI is InChI=1S/C24H22F2N4.C24H26FN5.C23H24F2N6O/c1-3-30-8-6-15(7-9-30)17-10-16-4-5-22(27-23(16)20(25)12-17)18-11-19-14-29(2)28-24(19)21(26)13-18;1-4-30-7-5-16(6-8-30)17-11-21(25)20-13-22(26-27-23(20)12-17)18-9-15(2)24-19(10-18)14-29(3)28-24;1-14-12-31-23(26-14)17(13-32)10-21(29-31)16-8-19(25)18-11-20(27-28-22(18)9-16)15-2-5-30(6-3-15)7-4-24/h4-6,8,10-15H,3,7,9H2,1-2H3;9-14,16H,4-8H2,1-3H3;8-12,15,32H,2-7,13H2,1H3. The van der Waals surface area contributed by atoms with Crippen LogP contribution in [-0.4, -0.2) is 138 Å². The summed E-state index contributed by atoms with van der Waals surface area (Å²) in [5, 5.41) is 43.9. The first-order valence-electron chi connectivity index (χ1n) is 31.6. The van der Waals surface area contributed by atoms with E-state index in [1.54, 1.807) is 63.7 Å². The number of nitrogens with zero attached hydrogens (tertiary/aromatic N) is 15. The molecule has 0 bridgehead atoms. The number of fused-ring (bicyclic) bond motifs is 6. The first kappa shape index (κ1) is 61.7. The van der Waals surface area contributed by atoms with Gasteiger partial charge in [-0.1, -0.05) is 19.1 Å². The maximum absolute atomic E-state index is 15.1. The lowest BCUT2D eigenvalue weighted by atomic mass is 9.88. The topological polar surface area (TPSA) is 160 Å². The molecule has 5 aromatic carbocycles. The largest absolute Gasteiger partial charge is 0.392 e. The summed E-state index contributed by atoms with van der Waals surface area (Å²) in [7, 11) is 3.66. The summed E-state index contributed by atoms with van der Waals surface area (Å²) in [5.74, 6) is -0.571. The van der Waals surface area contributed by atoms with Crippen molar-refractivity contribution < 1.29 is 27.1 Å². The SMILES string of the molecule is CCN1C=CC(c2cc(F)c3nc(-c4cc(F)c5nn(C)cc5c4)ccc3c2)CC1.CCN1CCC(c2cc(F)c3cc(-c4cc(C)c5nn(C)cc5c4)nnc3c2)CC1.Cc1cn2nc(-c3cc(F)c4cc(C5CCN(CCF)CC5)nnc4c3)cc(CO)c2n1. The van der Waals surface area contributed by atoms with Crippen molar-refractivity contribution in [2.45, 2.75) is 84.2 Å². The molecule has 15 rings (SSSR count). The molecule has 12 aromatic rings. The fourth-order valence-electron chi connectivity index (χ4n) is 13.3. The van der Waals surface area contributed by atoms with E-state index in [9.17, 15) is 18.3 Å². The van der Waals surface area contributed by atoms with Crippen molar-refractivity contribution in [3.05, 3.63) is 179 Å². The first-order valence-corrected chi connectivity index (χ1v) is 31.6. The molecule has 3 aliphatic heterocycles. The molecule has 1 N–H and O–H groups in total. The molecule has 2 saturated heterocycles. The second kappa shape index (κ2) is 26.2. The molecule has 0 saturated carbocycles. The average molecular weight is 1250 g/mol. The van der Waals surface area contributed by atoms with Crippen molar-refractivity contribution in [3.63, 3.8) is 0 Å². The highest BCUT2D eigenvalue weighted by molar-refractivity contribution is 5.90. The number of imidazole rings is 1. The van der Waals surface area contributed by atoms with Crippen molar-refractivity contribution in [3.8, 4) is 33.8 Å². The molecule has 2 fully saturated rings. The number of rotatable bonds is 11. The van der Waals surface area contributed by atoms with Crippen LogP contribution >= 0.6 is 0 Å². The monoisotopic (exact) mass is 1250 g/mol. The highest BCUT2D eigenvalue weighted by Crippen LogP contribution is 2.36. The molecule has 16 nitrogen and oxygen atoms in total. The Labute approximate surface area is 529 Å². The lowest BCUT2D eigenvalue weighted by Crippen LogP contribution is -2.34.